The number of hydrogen-bond acceptors (Lipinski definition) is 6. The maximum atomic E-state index is 5.82. The second kappa shape index (κ2) is 7.26. The molecule has 0 aliphatic carbocycles. The van der Waals surface area contributed by atoms with Crippen molar-refractivity contribution in [1.82, 2.24) is 15.0 Å². The van der Waals surface area contributed by atoms with Gasteiger partial charge in [0.25, 0.3) is 0 Å². The number of rotatable bonds is 5. The molecular weight excluding hydrogens is 292 g/mol. The monoisotopic (exact) mass is 314 g/mol. The van der Waals surface area contributed by atoms with Crippen molar-refractivity contribution in [2.24, 2.45) is 5.92 Å². The van der Waals surface area contributed by atoms with E-state index in [1.807, 2.05) is 25.1 Å². The minimum absolute atomic E-state index is 0.541. The predicted octanol–water partition coefficient (Wildman–Crippen LogP) is 2.48. The number of ether oxygens (including phenoxy) is 2. The van der Waals surface area contributed by atoms with Crippen molar-refractivity contribution in [3.05, 3.63) is 36.2 Å². The van der Waals surface area contributed by atoms with Crippen LogP contribution in [-0.4, -0.2) is 41.8 Å². The molecule has 0 saturated carbocycles. The standard InChI is InChI=1S/C17H22N4O2/c1-13-4-3-5-16(19-13)23-12-14-7-10-21(11-8-14)17-18-9-6-15(20-17)22-2/h3-6,9,14H,7-8,10-12H2,1-2H3. The van der Waals surface area contributed by atoms with Crippen LogP contribution in [0.25, 0.3) is 0 Å². The minimum Gasteiger partial charge on any atom is -0.481 e. The number of nitrogens with zero attached hydrogens (tertiary/aromatic N) is 4. The van der Waals surface area contributed by atoms with Gasteiger partial charge >= 0.3 is 0 Å². The van der Waals surface area contributed by atoms with Crippen molar-refractivity contribution in [1.29, 1.82) is 0 Å². The Morgan fingerprint density at radius 2 is 1.96 bits per heavy atom. The van der Waals surface area contributed by atoms with E-state index in [0.29, 0.717) is 24.3 Å². The maximum absolute atomic E-state index is 5.82. The third kappa shape index (κ3) is 4.09. The van der Waals surface area contributed by atoms with Crippen LogP contribution in [0.5, 0.6) is 11.8 Å². The van der Waals surface area contributed by atoms with Gasteiger partial charge in [-0.2, -0.15) is 4.98 Å². The summed E-state index contributed by atoms with van der Waals surface area (Å²) in [5.41, 5.74) is 0.979. The molecule has 0 amide bonds. The van der Waals surface area contributed by atoms with Crippen LogP contribution in [0.15, 0.2) is 30.5 Å². The number of aryl methyl sites for hydroxylation is 1. The molecule has 3 rings (SSSR count). The molecule has 0 aromatic carbocycles. The molecule has 0 N–H and O–H groups in total. The molecule has 0 bridgehead atoms. The molecule has 1 aliphatic heterocycles. The summed E-state index contributed by atoms with van der Waals surface area (Å²) >= 11 is 0. The van der Waals surface area contributed by atoms with Crippen LogP contribution in [0.2, 0.25) is 0 Å². The molecule has 6 heteroatoms. The number of methoxy groups -OCH3 is 1. The molecule has 0 radical (unpaired) electrons. The molecule has 23 heavy (non-hydrogen) atoms. The van der Waals surface area contributed by atoms with E-state index in [4.69, 9.17) is 9.47 Å². The Balaban J connectivity index is 1.50. The van der Waals surface area contributed by atoms with Crippen LogP contribution in [0.4, 0.5) is 5.95 Å². The summed E-state index contributed by atoms with van der Waals surface area (Å²) < 4.78 is 11.0. The van der Waals surface area contributed by atoms with Crippen molar-refractivity contribution in [2.75, 3.05) is 31.7 Å². The zero-order chi connectivity index (χ0) is 16.1. The van der Waals surface area contributed by atoms with Gasteiger partial charge in [-0.1, -0.05) is 6.07 Å². The van der Waals surface area contributed by atoms with Crippen LogP contribution in [0.1, 0.15) is 18.5 Å². The van der Waals surface area contributed by atoms with Crippen LogP contribution in [0.3, 0.4) is 0 Å². The molecule has 1 saturated heterocycles. The summed E-state index contributed by atoms with van der Waals surface area (Å²) in [4.78, 5) is 15.3. The van der Waals surface area contributed by atoms with Gasteiger partial charge in [-0.3, -0.25) is 0 Å². The molecular formula is C17H22N4O2. The van der Waals surface area contributed by atoms with Crippen molar-refractivity contribution in [3.8, 4) is 11.8 Å². The fraction of sp³-hybridized carbons (Fsp3) is 0.471. The lowest BCUT2D eigenvalue weighted by molar-refractivity contribution is 0.215. The summed E-state index contributed by atoms with van der Waals surface area (Å²) in [6.45, 7) is 4.55. The Labute approximate surface area is 136 Å². The number of pyridine rings is 1. The third-order valence-corrected chi connectivity index (χ3v) is 4.05. The molecule has 2 aromatic rings. The van der Waals surface area contributed by atoms with E-state index in [2.05, 4.69) is 19.9 Å². The highest BCUT2D eigenvalue weighted by molar-refractivity contribution is 5.32. The van der Waals surface area contributed by atoms with Crippen LogP contribution >= 0.6 is 0 Å². The number of hydrogen-bond donors (Lipinski definition) is 0. The lowest BCUT2D eigenvalue weighted by atomic mass is 9.98. The molecule has 1 fully saturated rings. The average Bonchev–Trinajstić information content (AvgIpc) is 2.60. The molecule has 0 unspecified atom stereocenters. The van der Waals surface area contributed by atoms with E-state index < -0.39 is 0 Å². The highest BCUT2D eigenvalue weighted by Crippen LogP contribution is 2.22. The number of aromatic nitrogens is 3. The lowest BCUT2D eigenvalue weighted by Crippen LogP contribution is -2.36. The van der Waals surface area contributed by atoms with Crippen LogP contribution in [-0.2, 0) is 0 Å². The van der Waals surface area contributed by atoms with Crippen molar-refractivity contribution >= 4 is 5.95 Å². The van der Waals surface area contributed by atoms with Gasteiger partial charge < -0.3 is 14.4 Å². The highest BCUT2D eigenvalue weighted by Gasteiger charge is 2.21. The quantitative estimate of drug-likeness (QED) is 0.845. The lowest BCUT2D eigenvalue weighted by Gasteiger charge is -2.31. The normalized spacial score (nSPS) is 15.5. The van der Waals surface area contributed by atoms with E-state index in [1.54, 1.807) is 19.4 Å². The van der Waals surface area contributed by atoms with Crippen molar-refractivity contribution in [3.63, 3.8) is 0 Å². The largest absolute Gasteiger partial charge is 0.481 e. The Hall–Kier alpha value is -2.37. The number of piperidine rings is 1. The SMILES string of the molecule is COc1ccnc(N2CCC(COc3cccc(C)n3)CC2)n1. The summed E-state index contributed by atoms with van der Waals surface area (Å²) in [7, 11) is 1.62. The Kier molecular flexibility index (Phi) is 4.90. The Bertz CT molecular complexity index is 642. The summed E-state index contributed by atoms with van der Waals surface area (Å²) in [6.07, 6.45) is 3.86. The predicted molar refractivity (Wildman–Crippen MR) is 88.0 cm³/mol. The topological polar surface area (TPSA) is 60.4 Å². The summed E-state index contributed by atoms with van der Waals surface area (Å²) in [6, 6.07) is 7.62. The van der Waals surface area contributed by atoms with Gasteiger partial charge in [-0.15, -0.1) is 0 Å². The fourth-order valence-electron chi connectivity index (χ4n) is 2.70. The van der Waals surface area contributed by atoms with Gasteiger partial charge in [0, 0.05) is 37.1 Å². The molecule has 122 valence electrons. The zero-order valence-corrected chi connectivity index (χ0v) is 13.6. The van der Waals surface area contributed by atoms with Gasteiger partial charge in [-0.25, -0.2) is 9.97 Å². The molecule has 3 heterocycles. The first-order chi connectivity index (χ1) is 11.2. The van der Waals surface area contributed by atoms with Crippen LogP contribution < -0.4 is 14.4 Å². The second-order valence-corrected chi connectivity index (χ2v) is 5.76. The first-order valence-electron chi connectivity index (χ1n) is 7.93. The van der Waals surface area contributed by atoms with Gasteiger partial charge in [-0.05, 0) is 31.7 Å². The van der Waals surface area contributed by atoms with Gasteiger partial charge in [0.1, 0.15) is 0 Å². The van der Waals surface area contributed by atoms with E-state index in [1.165, 1.54) is 0 Å². The van der Waals surface area contributed by atoms with Gasteiger partial charge in [0.2, 0.25) is 17.7 Å². The first-order valence-corrected chi connectivity index (χ1v) is 7.93. The average molecular weight is 314 g/mol. The van der Waals surface area contributed by atoms with E-state index in [9.17, 15) is 0 Å². The zero-order valence-electron chi connectivity index (χ0n) is 13.6. The molecule has 1 aliphatic rings. The van der Waals surface area contributed by atoms with E-state index in [0.717, 1.165) is 37.6 Å². The second-order valence-electron chi connectivity index (χ2n) is 5.76. The smallest absolute Gasteiger partial charge is 0.228 e. The number of anilines is 1. The summed E-state index contributed by atoms with van der Waals surface area (Å²) in [5, 5.41) is 0. The van der Waals surface area contributed by atoms with Crippen molar-refractivity contribution in [2.45, 2.75) is 19.8 Å². The van der Waals surface area contributed by atoms with Crippen LogP contribution in [0, 0.1) is 12.8 Å². The molecule has 0 atom stereocenters. The third-order valence-electron chi connectivity index (χ3n) is 4.05. The van der Waals surface area contributed by atoms with Gasteiger partial charge in [0.05, 0.1) is 13.7 Å². The molecule has 6 nitrogen and oxygen atoms in total. The molecule has 0 spiro atoms. The fourth-order valence-corrected chi connectivity index (χ4v) is 2.70. The summed E-state index contributed by atoms with van der Waals surface area (Å²) in [5.74, 6) is 2.60. The van der Waals surface area contributed by atoms with Crippen molar-refractivity contribution < 1.29 is 9.47 Å². The minimum atomic E-state index is 0.541. The maximum Gasteiger partial charge on any atom is 0.228 e. The Morgan fingerprint density at radius 3 is 2.70 bits per heavy atom. The first kappa shape index (κ1) is 15.5. The van der Waals surface area contributed by atoms with E-state index >= 15 is 0 Å². The van der Waals surface area contributed by atoms with Gasteiger partial charge in [0.15, 0.2) is 0 Å². The molecule has 2 aromatic heterocycles. The Morgan fingerprint density at radius 1 is 1.13 bits per heavy atom. The highest BCUT2D eigenvalue weighted by atomic mass is 16.5. The van der Waals surface area contributed by atoms with E-state index in [-0.39, 0.29) is 0 Å².